The number of aromatic nitrogens is 3. The summed E-state index contributed by atoms with van der Waals surface area (Å²) in [4.78, 5) is 25.7. The number of fused-ring (bicyclic) bond motifs is 1. The van der Waals surface area contributed by atoms with E-state index in [0.29, 0.717) is 23.3 Å². The molecular weight excluding hydrogens is 404 g/mol. The number of benzene rings is 2. The lowest BCUT2D eigenvalue weighted by Crippen LogP contribution is -2.26. The van der Waals surface area contributed by atoms with Crippen molar-refractivity contribution in [2.24, 2.45) is 7.05 Å². The molecule has 2 aromatic heterocycles. The van der Waals surface area contributed by atoms with Crippen LogP contribution in [0.2, 0.25) is 0 Å². The Bertz CT molecular complexity index is 1370. The van der Waals surface area contributed by atoms with Crippen LogP contribution >= 0.6 is 0 Å². The van der Waals surface area contributed by atoms with Gasteiger partial charge in [0.1, 0.15) is 11.4 Å². The van der Waals surface area contributed by atoms with E-state index in [0.717, 1.165) is 28.3 Å². The molecule has 164 valence electrons. The summed E-state index contributed by atoms with van der Waals surface area (Å²) in [5, 5.41) is 7.48. The number of carbonyl (C=O) groups is 1. The highest BCUT2D eigenvalue weighted by atomic mass is 16.5. The number of carbonyl (C=O) groups excluding carboxylic acids is 1. The molecule has 0 radical (unpaired) electrons. The number of nitrogens with one attached hydrogen (secondary N) is 1. The van der Waals surface area contributed by atoms with E-state index in [9.17, 15) is 9.59 Å². The lowest BCUT2D eigenvalue weighted by Gasteiger charge is -2.12. The molecular formula is C25H26N4O3. The smallest absolute Gasteiger partial charge is 0.277 e. The van der Waals surface area contributed by atoms with Gasteiger partial charge in [-0.2, -0.15) is 9.61 Å². The van der Waals surface area contributed by atoms with Gasteiger partial charge in [0.15, 0.2) is 0 Å². The fourth-order valence-corrected chi connectivity index (χ4v) is 3.79. The molecule has 0 atom stereocenters. The van der Waals surface area contributed by atoms with Gasteiger partial charge in [-0.25, -0.2) is 0 Å². The number of aryl methyl sites for hydroxylation is 2. The fraction of sp³-hybridized carbons (Fsp3) is 0.240. The third-order valence-corrected chi connectivity index (χ3v) is 5.81. The molecule has 4 aromatic rings. The molecule has 0 aliphatic carbocycles. The normalized spacial score (nSPS) is 11.0. The van der Waals surface area contributed by atoms with E-state index in [1.54, 1.807) is 7.11 Å². The average molecular weight is 431 g/mol. The number of hydrogen-bond donors (Lipinski definition) is 1. The number of amides is 1. The summed E-state index contributed by atoms with van der Waals surface area (Å²) in [6.07, 6.45) is 0.542. The third kappa shape index (κ3) is 4.01. The van der Waals surface area contributed by atoms with Crippen LogP contribution in [0.5, 0.6) is 5.75 Å². The Hall–Kier alpha value is -3.87. The molecule has 0 aliphatic heterocycles. The number of anilines is 1. The minimum absolute atomic E-state index is 0.126. The topological polar surface area (TPSA) is 77.6 Å². The minimum Gasteiger partial charge on any atom is -0.497 e. The van der Waals surface area contributed by atoms with E-state index in [2.05, 4.69) is 10.4 Å². The Labute approximate surface area is 186 Å². The standard InChI is InChI=1S/C25H26N4O3/c1-16-8-5-6-11-21(16)26-23(30)13-12-20-17(2)28(3)24-15-22(27-29(24)25(20)31)18-9-7-10-19(14-18)32-4/h5-11,14-15H,12-13H2,1-4H3,(H,26,30). The zero-order valence-electron chi connectivity index (χ0n) is 18.7. The summed E-state index contributed by atoms with van der Waals surface area (Å²) in [6, 6.07) is 17.1. The predicted molar refractivity (Wildman–Crippen MR) is 125 cm³/mol. The first-order chi connectivity index (χ1) is 15.4. The van der Waals surface area contributed by atoms with Crippen LogP contribution < -0.4 is 15.6 Å². The first-order valence-corrected chi connectivity index (χ1v) is 10.5. The van der Waals surface area contributed by atoms with Crippen molar-refractivity contribution in [1.29, 1.82) is 0 Å². The highest BCUT2D eigenvalue weighted by Gasteiger charge is 2.17. The van der Waals surface area contributed by atoms with Gasteiger partial charge in [0, 0.05) is 42.0 Å². The zero-order valence-corrected chi connectivity index (χ0v) is 18.7. The lowest BCUT2D eigenvalue weighted by atomic mass is 10.1. The van der Waals surface area contributed by atoms with Gasteiger partial charge in [0.25, 0.3) is 5.56 Å². The van der Waals surface area contributed by atoms with Crippen molar-refractivity contribution in [3.8, 4) is 17.0 Å². The van der Waals surface area contributed by atoms with Crippen molar-refractivity contribution >= 4 is 17.2 Å². The molecule has 2 aromatic carbocycles. The quantitative estimate of drug-likeness (QED) is 0.503. The SMILES string of the molecule is COc1cccc(-c2cc3n(C)c(C)c(CCC(=O)Nc4ccccc4C)c(=O)n3n2)c1. The van der Waals surface area contributed by atoms with Gasteiger partial charge in [0.05, 0.1) is 12.8 Å². The molecule has 0 saturated carbocycles. The number of hydrogen-bond acceptors (Lipinski definition) is 4. The van der Waals surface area contributed by atoms with E-state index in [-0.39, 0.29) is 17.9 Å². The number of rotatable bonds is 6. The van der Waals surface area contributed by atoms with Crippen LogP contribution in [0.1, 0.15) is 23.2 Å². The number of para-hydroxylation sites is 1. The van der Waals surface area contributed by atoms with Gasteiger partial charge in [0.2, 0.25) is 5.91 Å². The predicted octanol–water partition coefficient (Wildman–Crippen LogP) is 3.90. The molecule has 7 heteroatoms. The van der Waals surface area contributed by atoms with E-state index in [4.69, 9.17) is 4.74 Å². The van der Waals surface area contributed by atoms with Gasteiger partial charge < -0.3 is 14.6 Å². The Balaban J connectivity index is 1.63. The van der Waals surface area contributed by atoms with Crippen molar-refractivity contribution in [2.75, 3.05) is 12.4 Å². The average Bonchev–Trinajstić information content (AvgIpc) is 3.25. The number of nitrogens with zero attached hydrogens (tertiary/aromatic N) is 3. The summed E-state index contributed by atoms with van der Waals surface area (Å²) in [5.74, 6) is 0.598. The Morgan fingerprint density at radius 1 is 1.09 bits per heavy atom. The van der Waals surface area contributed by atoms with Crippen molar-refractivity contribution in [3.63, 3.8) is 0 Å². The van der Waals surface area contributed by atoms with Crippen molar-refractivity contribution < 1.29 is 9.53 Å². The van der Waals surface area contributed by atoms with Gasteiger partial charge in [-0.15, -0.1) is 0 Å². The second-order valence-corrected chi connectivity index (χ2v) is 7.82. The van der Waals surface area contributed by atoms with E-state index in [1.165, 1.54) is 4.52 Å². The number of ether oxygens (including phenoxy) is 1. The second kappa shape index (κ2) is 8.70. The summed E-state index contributed by atoms with van der Waals surface area (Å²) in [6.45, 7) is 3.84. The summed E-state index contributed by atoms with van der Waals surface area (Å²) in [5.41, 5.74) is 5.23. The van der Waals surface area contributed by atoms with Crippen LogP contribution in [0.3, 0.4) is 0 Å². The number of methoxy groups -OCH3 is 1. The zero-order chi connectivity index (χ0) is 22.8. The van der Waals surface area contributed by atoms with Crippen molar-refractivity contribution in [1.82, 2.24) is 14.2 Å². The van der Waals surface area contributed by atoms with Crippen molar-refractivity contribution in [3.05, 3.63) is 81.8 Å². The highest BCUT2D eigenvalue weighted by molar-refractivity contribution is 5.91. The van der Waals surface area contributed by atoms with E-state index in [1.807, 2.05) is 80.1 Å². The Morgan fingerprint density at radius 2 is 1.88 bits per heavy atom. The highest BCUT2D eigenvalue weighted by Crippen LogP contribution is 2.24. The minimum atomic E-state index is -0.201. The van der Waals surface area contributed by atoms with Crippen LogP contribution in [0.25, 0.3) is 16.9 Å². The maximum absolute atomic E-state index is 13.2. The van der Waals surface area contributed by atoms with E-state index >= 15 is 0 Å². The summed E-state index contributed by atoms with van der Waals surface area (Å²) < 4.78 is 8.65. The van der Waals surface area contributed by atoms with Crippen molar-refractivity contribution in [2.45, 2.75) is 26.7 Å². The molecule has 0 saturated heterocycles. The molecule has 0 aliphatic rings. The summed E-state index contributed by atoms with van der Waals surface area (Å²) in [7, 11) is 3.52. The fourth-order valence-electron chi connectivity index (χ4n) is 3.79. The van der Waals surface area contributed by atoms with Crippen LogP contribution in [-0.4, -0.2) is 27.2 Å². The van der Waals surface area contributed by atoms with Crippen LogP contribution in [-0.2, 0) is 18.3 Å². The molecule has 1 amide bonds. The van der Waals surface area contributed by atoms with E-state index < -0.39 is 0 Å². The first-order valence-electron chi connectivity index (χ1n) is 10.5. The molecule has 0 bridgehead atoms. The van der Waals surface area contributed by atoms with Gasteiger partial charge >= 0.3 is 0 Å². The molecule has 7 nitrogen and oxygen atoms in total. The maximum Gasteiger partial charge on any atom is 0.277 e. The monoisotopic (exact) mass is 430 g/mol. The maximum atomic E-state index is 13.2. The van der Waals surface area contributed by atoms with Gasteiger partial charge in [-0.05, 0) is 44.0 Å². The first kappa shape index (κ1) is 21.4. The van der Waals surface area contributed by atoms with Crippen LogP contribution in [0.4, 0.5) is 5.69 Å². The lowest BCUT2D eigenvalue weighted by molar-refractivity contribution is -0.116. The molecule has 0 unspecified atom stereocenters. The largest absolute Gasteiger partial charge is 0.497 e. The van der Waals surface area contributed by atoms with Crippen LogP contribution in [0, 0.1) is 13.8 Å². The van der Waals surface area contributed by atoms with Gasteiger partial charge in [-0.3, -0.25) is 9.59 Å². The molecule has 2 heterocycles. The third-order valence-electron chi connectivity index (χ3n) is 5.81. The van der Waals surface area contributed by atoms with Gasteiger partial charge in [-0.1, -0.05) is 30.3 Å². The molecule has 4 rings (SSSR count). The molecule has 1 N–H and O–H groups in total. The molecule has 0 spiro atoms. The molecule has 32 heavy (non-hydrogen) atoms. The Morgan fingerprint density at radius 3 is 2.62 bits per heavy atom. The van der Waals surface area contributed by atoms with Crippen LogP contribution in [0.15, 0.2) is 59.4 Å². The molecule has 0 fully saturated rings. The summed E-state index contributed by atoms with van der Waals surface area (Å²) >= 11 is 0. The Kier molecular flexibility index (Phi) is 5.81. The second-order valence-electron chi connectivity index (χ2n) is 7.82.